The van der Waals surface area contributed by atoms with Gasteiger partial charge in [-0.15, -0.1) is 0 Å². The fraction of sp³-hybridized carbons (Fsp3) is 0.733. The van der Waals surface area contributed by atoms with Gasteiger partial charge in [0.25, 0.3) is 0 Å². The van der Waals surface area contributed by atoms with Gasteiger partial charge in [0.15, 0.2) is 0 Å². The predicted octanol–water partition coefficient (Wildman–Crippen LogP) is 0.582. The largest absolute Gasteiger partial charge is 0.369 e. The van der Waals surface area contributed by atoms with Crippen LogP contribution in [0, 0.1) is 6.92 Å². The van der Waals surface area contributed by atoms with Crippen molar-refractivity contribution in [2.45, 2.75) is 31.9 Å². The van der Waals surface area contributed by atoms with Crippen molar-refractivity contribution >= 4 is 10.0 Å². The monoisotopic (exact) mass is 340 g/mol. The number of rotatable bonds is 3. The zero-order chi connectivity index (χ0) is 16.4. The Morgan fingerprint density at radius 3 is 2.52 bits per heavy atom. The van der Waals surface area contributed by atoms with Crippen molar-refractivity contribution in [2.75, 3.05) is 39.0 Å². The molecule has 8 heteroatoms. The van der Waals surface area contributed by atoms with Gasteiger partial charge in [-0.05, 0) is 19.8 Å². The maximum atomic E-state index is 11.6. The van der Waals surface area contributed by atoms with Crippen LogP contribution in [0.15, 0.2) is 12.4 Å². The van der Waals surface area contributed by atoms with Crippen molar-refractivity contribution in [1.29, 1.82) is 0 Å². The Labute approximate surface area is 137 Å². The highest BCUT2D eigenvalue weighted by molar-refractivity contribution is 7.88. The van der Waals surface area contributed by atoms with E-state index in [9.17, 15) is 8.42 Å². The first-order chi connectivity index (χ1) is 10.9. The van der Waals surface area contributed by atoms with Crippen molar-refractivity contribution in [3.05, 3.63) is 23.8 Å². The maximum Gasteiger partial charge on any atom is 0.211 e. The van der Waals surface area contributed by atoms with E-state index in [4.69, 9.17) is 4.74 Å². The van der Waals surface area contributed by atoms with Crippen molar-refractivity contribution in [3.63, 3.8) is 0 Å². The minimum atomic E-state index is -3.07. The fourth-order valence-electron chi connectivity index (χ4n) is 3.29. The summed E-state index contributed by atoms with van der Waals surface area (Å²) < 4.78 is 30.6. The quantitative estimate of drug-likeness (QED) is 0.801. The molecule has 0 saturated carbocycles. The normalized spacial score (nSPS) is 25.6. The Balaban J connectivity index is 1.60. The summed E-state index contributed by atoms with van der Waals surface area (Å²) in [6.45, 7) is 5.49. The van der Waals surface area contributed by atoms with Crippen molar-refractivity contribution in [1.82, 2.24) is 19.2 Å². The van der Waals surface area contributed by atoms with E-state index in [-0.39, 0.29) is 6.10 Å². The van der Waals surface area contributed by atoms with Gasteiger partial charge in [-0.2, -0.15) is 0 Å². The molecule has 0 amide bonds. The van der Waals surface area contributed by atoms with E-state index in [1.54, 1.807) is 16.7 Å². The Bertz CT molecular complexity index is 627. The summed E-state index contributed by atoms with van der Waals surface area (Å²) in [5, 5.41) is 0. The molecule has 1 aromatic heterocycles. The Hall–Kier alpha value is -1.09. The smallest absolute Gasteiger partial charge is 0.211 e. The highest BCUT2D eigenvalue weighted by Crippen LogP contribution is 2.25. The molecule has 2 aliphatic rings. The third-order valence-electron chi connectivity index (χ3n) is 4.64. The lowest BCUT2D eigenvalue weighted by Crippen LogP contribution is -2.50. The molecule has 0 bridgehead atoms. The highest BCUT2D eigenvalue weighted by atomic mass is 32.2. The molecule has 1 aromatic rings. The summed E-state index contributed by atoms with van der Waals surface area (Å²) in [7, 11) is -3.07. The molecule has 0 unspecified atom stereocenters. The molecule has 23 heavy (non-hydrogen) atoms. The zero-order valence-corrected chi connectivity index (χ0v) is 14.5. The van der Waals surface area contributed by atoms with Crippen LogP contribution in [0.1, 0.15) is 30.3 Å². The Morgan fingerprint density at radius 1 is 1.17 bits per heavy atom. The molecular weight excluding hydrogens is 316 g/mol. The first-order valence-corrected chi connectivity index (χ1v) is 9.87. The number of aryl methyl sites for hydroxylation is 1. The highest BCUT2D eigenvalue weighted by Gasteiger charge is 2.32. The van der Waals surface area contributed by atoms with Crippen LogP contribution in [-0.4, -0.2) is 72.7 Å². The lowest BCUT2D eigenvalue weighted by atomic mass is 10.0. The molecule has 3 rings (SSSR count). The van der Waals surface area contributed by atoms with Gasteiger partial charge >= 0.3 is 0 Å². The molecule has 0 aromatic carbocycles. The average Bonchev–Trinajstić information content (AvgIpc) is 2.55. The van der Waals surface area contributed by atoms with Gasteiger partial charge < -0.3 is 4.74 Å². The van der Waals surface area contributed by atoms with Crippen LogP contribution in [0.4, 0.5) is 0 Å². The lowest BCUT2D eigenvalue weighted by Gasteiger charge is -2.41. The van der Waals surface area contributed by atoms with E-state index in [1.165, 1.54) is 6.26 Å². The first-order valence-electron chi connectivity index (χ1n) is 8.03. The zero-order valence-electron chi connectivity index (χ0n) is 13.7. The molecule has 2 saturated heterocycles. The Morgan fingerprint density at radius 2 is 1.91 bits per heavy atom. The number of piperidine rings is 1. The number of ether oxygens (including phenoxy) is 1. The summed E-state index contributed by atoms with van der Waals surface area (Å²) in [6, 6.07) is 0.415. The van der Waals surface area contributed by atoms with Gasteiger partial charge in [-0.1, -0.05) is 0 Å². The standard InChI is InChI=1S/C15H24N4O3S/c1-12-9-17-14(10-16-12)15-11-18(7-8-22-15)13-3-5-19(6-4-13)23(2,20)21/h9-10,13,15H,3-8,11H2,1-2H3/t15-/m1/s1. The number of hydrogen-bond donors (Lipinski definition) is 0. The topological polar surface area (TPSA) is 75.6 Å². The molecule has 0 spiro atoms. The van der Waals surface area contributed by atoms with Gasteiger partial charge in [-0.25, -0.2) is 12.7 Å². The van der Waals surface area contributed by atoms with Crippen molar-refractivity contribution in [3.8, 4) is 0 Å². The minimum absolute atomic E-state index is 0.0511. The van der Waals surface area contributed by atoms with Crippen LogP contribution < -0.4 is 0 Å². The van der Waals surface area contributed by atoms with Crippen molar-refractivity contribution < 1.29 is 13.2 Å². The summed E-state index contributed by atoms with van der Waals surface area (Å²) in [4.78, 5) is 11.1. The molecule has 0 radical (unpaired) electrons. The second-order valence-electron chi connectivity index (χ2n) is 6.33. The van der Waals surface area contributed by atoms with Gasteiger partial charge in [0.05, 0.1) is 30.4 Å². The first kappa shape index (κ1) is 16.8. The molecule has 2 aliphatic heterocycles. The average molecular weight is 340 g/mol. The fourth-order valence-corrected chi connectivity index (χ4v) is 4.16. The van der Waals surface area contributed by atoms with E-state index in [1.807, 2.05) is 6.92 Å². The number of morpholine rings is 1. The van der Waals surface area contributed by atoms with Crippen LogP contribution in [-0.2, 0) is 14.8 Å². The summed E-state index contributed by atoms with van der Waals surface area (Å²) >= 11 is 0. The van der Waals surface area contributed by atoms with Crippen LogP contribution in [0.25, 0.3) is 0 Å². The molecule has 128 valence electrons. The van der Waals surface area contributed by atoms with Gasteiger partial charge in [0.1, 0.15) is 6.10 Å². The van der Waals surface area contributed by atoms with Crippen LogP contribution >= 0.6 is 0 Å². The number of sulfonamides is 1. The van der Waals surface area contributed by atoms with E-state index >= 15 is 0 Å². The third-order valence-corrected chi connectivity index (χ3v) is 5.94. The summed E-state index contributed by atoms with van der Waals surface area (Å²) in [6.07, 6.45) is 6.54. The molecular formula is C15H24N4O3S. The van der Waals surface area contributed by atoms with E-state index < -0.39 is 10.0 Å². The second-order valence-corrected chi connectivity index (χ2v) is 8.31. The predicted molar refractivity (Wildman–Crippen MR) is 86.5 cm³/mol. The Kier molecular flexibility index (Phi) is 4.96. The number of aromatic nitrogens is 2. The SMILES string of the molecule is Cc1cnc([C@H]2CN(C3CCN(S(C)(=O)=O)CC3)CCO2)cn1. The molecule has 2 fully saturated rings. The minimum Gasteiger partial charge on any atom is -0.369 e. The van der Waals surface area contributed by atoms with Gasteiger partial charge in [0, 0.05) is 38.4 Å². The van der Waals surface area contributed by atoms with Crippen LogP contribution in [0.5, 0.6) is 0 Å². The van der Waals surface area contributed by atoms with E-state index in [2.05, 4.69) is 14.9 Å². The maximum absolute atomic E-state index is 11.6. The number of nitrogens with zero attached hydrogens (tertiary/aromatic N) is 4. The number of hydrogen-bond acceptors (Lipinski definition) is 6. The molecule has 1 atom stereocenters. The molecule has 0 N–H and O–H groups in total. The van der Waals surface area contributed by atoms with Gasteiger partial charge in [-0.3, -0.25) is 14.9 Å². The third kappa shape index (κ3) is 4.06. The van der Waals surface area contributed by atoms with E-state index in [0.717, 1.165) is 37.3 Å². The van der Waals surface area contributed by atoms with Crippen LogP contribution in [0.3, 0.4) is 0 Å². The second kappa shape index (κ2) is 6.80. The van der Waals surface area contributed by atoms with E-state index in [0.29, 0.717) is 25.7 Å². The molecule has 7 nitrogen and oxygen atoms in total. The summed E-state index contributed by atoms with van der Waals surface area (Å²) in [5.74, 6) is 0. The summed E-state index contributed by atoms with van der Waals surface area (Å²) in [5.41, 5.74) is 1.77. The molecule has 0 aliphatic carbocycles. The molecule has 3 heterocycles. The van der Waals surface area contributed by atoms with Gasteiger partial charge in [0.2, 0.25) is 10.0 Å². The lowest BCUT2D eigenvalue weighted by molar-refractivity contribution is -0.0529. The van der Waals surface area contributed by atoms with Crippen LogP contribution in [0.2, 0.25) is 0 Å². The van der Waals surface area contributed by atoms with Crippen molar-refractivity contribution in [2.24, 2.45) is 0 Å².